The molecule has 0 fully saturated rings. The third kappa shape index (κ3) is 7.54. The maximum Gasteiger partial charge on any atom is 0.305 e. The lowest BCUT2D eigenvalue weighted by Crippen LogP contribution is -2.09. The van der Waals surface area contributed by atoms with Gasteiger partial charge in [-0.15, -0.1) is 11.6 Å². The second kappa shape index (κ2) is 14.2. The van der Waals surface area contributed by atoms with Crippen molar-refractivity contribution in [2.45, 2.75) is 59.1 Å². The van der Waals surface area contributed by atoms with Gasteiger partial charge in [-0.05, 0) is 67.1 Å². The molecule has 0 N–H and O–H groups in total. The molecule has 6 heteroatoms. The molecule has 4 aromatic rings. The van der Waals surface area contributed by atoms with Gasteiger partial charge in [0.1, 0.15) is 11.9 Å². The number of ether oxygens (including phenoxy) is 2. The van der Waals surface area contributed by atoms with Crippen molar-refractivity contribution in [3.05, 3.63) is 101 Å². The van der Waals surface area contributed by atoms with Gasteiger partial charge in [0.15, 0.2) is 5.78 Å². The Morgan fingerprint density at radius 2 is 1.68 bits per heavy atom. The van der Waals surface area contributed by atoms with Crippen molar-refractivity contribution in [1.82, 2.24) is 4.57 Å². The number of carbonyl (C=O) groups is 2. The number of hydrogen-bond acceptors (Lipinski definition) is 4. The predicted molar refractivity (Wildman–Crippen MR) is 161 cm³/mol. The van der Waals surface area contributed by atoms with E-state index in [9.17, 15) is 9.59 Å². The van der Waals surface area contributed by atoms with Gasteiger partial charge in [0.05, 0.1) is 6.61 Å². The molecule has 1 aromatic heterocycles. The first-order valence-electron chi connectivity index (χ1n) is 14.1. The van der Waals surface area contributed by atoms with Crippen LogP contribution in [0.5, 0.6) is 5.75 Å². The maximum atomic E-state index is 13.6. The molecule has 1 unspecified atom stereocenters. The quantitative estimate of drug-likeness (QED) is 0.0888. The van der Waals surface area contributed by atoms with E-state index in [0.717, 1.165) is 22.9 Å². The number of aromatic nitrogens is 1. The Morgan fingerprint density at radius 1 is 0.950 bits per heavy atom. The van der Waals surface area contributed by atoms with Crippen LogP contribution in [-0.2, 0) is 22.5 Å². The molecule has 0 aliphatic heterocycles. The molecule has 0 bridgehead atoms. The van der Waals surface area contributed by atoms with Gasteiger partial charge in [0.25, 0.3) is 0 Å². The highest BCUT2D eigenvalue weighted by Gasteiger charge is 2.18. The number of hydrogen-bond donors (Lipinski definition) is 0. The number of carbonyl (C=O) groups excluding carboxylic acids is 2. The van der Waals surface area contributed by atoms with Gasteiger partial charge in [-0.25, -0.2) is 0 Å². The Labute approximate surface area is 242 Å². The fourth-order valence-electron chi connectivity index (χ4n) is 4.98. The van der Waals surface area contributed by atoms with Gasteiger partial charge in [-0.3, -0.25) is 9.59 Å². The maximum absolute atomic E-state index is 13.6. The molecule has 0 amide bonds. The van der Waals surface area contributed by atoms with Crippen molar-refractivity contribution in [3.63, 3.8) is 0 Å². The smallest absolute Gasteiger partial charge is 0.305 e. The van der Waals surface area contributed by atoms with Crippen LogP contribution < -0.4 is 4.74 Å². The van der Waals surface area contributed by atoms with E-state index in [1.54, 1.807) is 6.92 Å². The number of para-hydroxylation sites is 1. The van der Waals surface area contributed by atoms with Gasteiger partial charge in [0.2, 0.25) is 0 Å². The average molecular weight is 560 g/mol. The molecule has 210 valence electrons. The summed E-state index contributed by atoms with van der Waals surface area (Å²) in [6.45, 7) is 7.24. The van der Waals surface area contributed by atoms with Gasteiger partial charge in [-0.2, -0.15) is 0 Å². The van der Waals surface area contributed by atoms with E-state index < -0.39 is 0 Å². The third-order valence-electron chi connectivity index (χ3n) is 6.88. The number of nitrogens with zero attached hydrogens (tertiary/aromatic N) is 1. The Bertz CT molecular complexity index is 1410. The lowest BCUT2D eigenvalue weighted by Gasteiger charge is -2.19. The summed E-state index contributed by atoms with van der Waals surface area (Å²) in [5.41, 5.74) is 4.60. The number of fused-ring (bicyclic) bond motifs is 1. The van der Waals surface area contributed by atoms with E-state index >= 15 is 0 Å². The molecule has 3 aromatic carbocycles. The summed E-state index contributed by atoms with van der Waals surface area (Å²) in [6, 6.07) is 23.7. The van der Waals surface area contributed by atoms with E-state index in [2.05, 4.69) is 38.1 Å². The van der Waals surface area contributed by atoms with Crippen LogP contribution in [0.15, 0.2) is 79.0 Å². The zero-order chi connectivity index (χ0) is 28.5. The molecule has 5 nitrogen and oxygen atoms in total. The number of alkyl halides is 1. The Hall–Kier alpha value is -3.57. The highest BCUT2D eigenvalue weighted by atomic mass is 35.5. The number of aryl methyl sites for hydroxylation is 1. The van der Waals surface area contributed by atoms with Gasteiger partial charge < -0.3 is 14.0 Å². The van der Waals surface area contributed by atoms with Crippen LogP contribution in [0.4, 0.5) is 0 Å². The van der Waals surface area contributed by atoms with E-state index in [1.165, 1.54) is 5.56 Å². The van der Waals surface area contributed by atoms with Gasteiger partial charge in [0, 0.05) is 53.5 Å². The molecule has 0 saturated carbocycles. The molecule has 4 rings (SSSR count). The lowest BCUT2D eigenvalue weighted by molar-refractivity contribution is -0.143. The fraction of sp³-hybridized carbons (Fsp3) is 0.353. The molecule has 0 spiro atoms. The minimum Gasteiger partial charge on any atom is -0.486 e. The minimum absolute atomic E-state index is 0.0510. The number of halogens is 1. The number of rotatable bonds is 14. The monoisotopic (exact) mass is 559 g/mol. The van der Waals surface area contributed by atoms with Crippen molar-refractivity contribution in [3.8, 4) is 5.75 Å². The van der Waals surface area contributed by atoms with Crippen LogP contribution in [0.25, 0.3) is 10.9 Å². The van der Waals surface area contributed by atoms with Crippen molar-refractivity contribution in [1.29, 1.82) is 0 Å². The SMILES string of the molecule is CCOC(=O)CCCn1cc(C(=O)c2ccc(OC(CCCl)c3ccc(CC(C)C)cc3)cc2)c2ccccc21. The summed E-state index contributed by atoms with van der Waals surface area (Å²) in [5, 5.41) is 0.895. The molecule has 0 radical (unpaired) electrons. The molecule has 0 saturated heterocycles. The van der Waals surface area contributed by atoms with Crippen LogP contribution in [-0.4, -0.2) is 28.8 Å². The normalized spacial score (nSPS) is 12.0. The highest BCUT2D eigenvalue weighted by Crippen LogP contribution is 2.28. The van der Waals surface area contributed by atoms with E-state index in [4.69, 9.17) is 21.1 Å². The molecule has 1 atom stereocenters. The average Bonchev–Trinajstić information content (AvgIpc) is 3.32. The molecular formula is C34H38ClNO4. The van der Waals surface area contributed by atoms with Crippen LogP contribution in [0.2, 0.25) is 0 Å². The molecule has 1 heterocycles. The van der Waals surface area contributed by atoms with Crippen LogP contribution >= 0.6 is 11.6 Å². The standard InChI is InChI=1S/C34H38ClNO4/c1-4-39-33(37)10-7-21-36-23-30(29-8-5-6-9-31(29)36)34(38)27-15-17-28(18-16-27)40-32(19-20-35)26-13-11-25(12-14-26)22-24(2)3/h5-6,8-9,11-18,23-24,32H,4,7,10,19-22H2,1-3H3. The van der Waals surface area contributed by atoms with Crippen LogP contribution in [0.3, 0.4) is 0 Å². The largest absolute Gasteiger partial charge is 0.486 e. The van der Waals surface area contributed by atoms with Crippen LogP contribution in [0.1, 0.15) is 73.2 Å². The Kier molecular flexibility index (Phi) is 10.4. The second-order valence-corrected chi connectivity index (χ2v) is 10.8. The lowest BCUT2D eigenvalue weighted by atomic mass is 9.99. The second-order valence-electron chi connectivity index (χ2n) is 10.4. The van der Waals surface area contributed by atoms with Crippen molar-refractivity contribution in [2.24, 2.45) is 5.92 Å². The zero-order valence-electron chi connectivity index (χ0n) is 23.6. The summed E-state index contributed by atoms with van der Waals surface area (Å²) in [7, 11) is 0. The Balaban J connectivity index is 1.48. The number of esters is 1. The fourth-order valence-corrected chi connectivity index (χ4v) is 5.17. The van der Waals surface area contributed by atoms with Crippen molar-refractivity contribution >= 4 is 34.3 Å². The molecule has 40 heavy (non-hydrogen) atoms. The Morgan fingerprint density at radius 3 is 2.35 bits per heavy atom. The number of benzene rings is 3. The van der Waals surface area contributed by atoms with Crippen molar-refractivity contribution < 1.29 is 19.1 Å². The first-order chi connectivity index (χ1) is 19.4. The molecule has 0 aliphatic rings. The summed E-state index contributed by atoms with van der Waals surface area (Å²) in [5.74, 6) is 1.53. The first-order valence-corrected chi connectivity index (χ1v) is 14.6. The zero-order valence-corrected chi connectivity index (χ0v) is 24.3. The summed E-state index contributed by atoms with van der Waals surface area (Å²) in [4.78, 5) is 25.3. The van der Waals surface area contributed by atoms with Crippen molar-refractivity contribution in [2.75, 3.05) is 12.5 Å². The highest BCUT2D eigenvalue weighted by molar-refractivity contribution is 6.18. The van der Waals surface area contributed by atoms with E-state index in [0.29, 0.717) is 61.1 Å². The molecule has 0 aliphatic carbocycles. The summed E-state index contributed by atoms with van der Waals surface area (Å²) < 4.78 is 13.4. The predicted octanol–water partition coefficient (Wildman–Crippen LogP) is 8.16. The van der Waals surface area contributed by atoms with Crippen LogP contribution in [0, 0.1) is 5.92 Å². The minimum atomic E-state index is -0.200. The van der Waals surface area contributed by atoms with E-state index in [1.807, 2.05) is 59.3 Å². The summed E-state index contributed by atoms with van der Waals surface area (Å²) >= 11 is 6.11. The first kappa shape index (κ1) is 29.4. The molecular weight excluding hydrogens is 522 g/mol. The number of ketones is 1. The summed E-state index contributed by atoms with van der Waals surface area (Å²) in [6.07, 6.45) is 4.44. The third-order valence-corrected chi connectivity index (χ3v) is 7.10. The van der Waals surface area contributed by atoms with Gasteiger partial charge >= 0.3 is 5.97 Å². The topological polar surface area (TPSA) is 57.5 Å². The van der Waals surface area contributed by atoms with Gasteiger partial charge in [-0.1, -0.05) is 56.3 Å². The van der Waals surface area contributed by atoms with E-state index in [-0.39, 0.29) is 17.9 Å².